The van der Waals surface area contributed by atoms with Crippen LogP contribution in [0.4, 0.5) is 0 Å². The van der Waals surface area contributed by atoms with E-state index in [2.05, 4.69) is 14.5 Å². The first kappa shape index (κ1) is 11.9. The number of hydrogen-bond donors (Lipinski definition) is 1. The number of aromatic nitrogens is 3. The lowest BCUT2D eigenvalue weighted by molar-refractivity contribution is 0.561. The third-order valence-corrected chi connectivity index (χ3v) is 3.24. The lowest BCUT2D eigenvalue weighted by Crippen LogP contribution is -2.08. The first-order chi connectivity index (χ1) is 9.19. The van der Waals surface area contributed by atoms with Crippen LogP contribution >= 0.6 is 0 Å². The van der Waals surface area contributed by atoms with Crippen molar-refractivity contribution < 1.29 is 4.42 Å². The molecule has 0 aliphatic rings. The van der Waals surface area contributed by atoms with E-state index >= 15 is 0 Å². The predicted octanol–water partition coefficient (Wildman–Crippen LogP) is 2.04. The highest BCUT2D eigenvalue weighted by Crippen LogP contribution is 2.25. The zero-order chi connectivity index (χ0) is 13.4. The molecule has 0 aliphatic carbocycles. The molecule has 0 saturated heterocycles. The normalized spacial score (nSPS) is 11.3. The molecule has 0 atom stereocenters. The Morgan fingerprint density at radius 1 is 1.37 bits per heavy atom. The Bertz CT molecular complexity index is 726. The van der Waals surface area contributed by atoms with Crippen molar-refractivity contribution in [1.82, 2.24) is 14.5 Å². The fraction of sp³-hybridized carbons (Fsp3) is 0.286. The van der Waals surface area contributed by atoms with Gasteiger partial charge in [-0.15, -0.1) is 0 Å². The molecule has 19 heavy (non-hydrogen) atoms. The lowest BCUT2D eigenvalue weighted by Gasteiger charge is -2.05. The van der Waals surface area contributed by atoms with Crippen molar-refractivity contribution in [3.05, 3.63) is 36.1 Å². The Balaban J connectivity index is 2.08. The van der Waals surface area contributed by atoms with Gasteiger partial charge in [0.2, 0.25) is 0 Å². The molecule has 5 nitrogen and oxygen atoms in total. The first-order valence-electron chi connectivity index (χ1n) is 6.27. The number of imidazole rings is 1. The highest BCUT2D eigenvalue weighted by molar-refractivity contribution is 5.79. The number of benzene rings is 1. The summed E-state index contributed by atoms with van der Waals surface area (Å²) >= 11 is 0. The highest BCUT2D eigenvalue weighted by Gasteiger charge is 2.10. The molecule has 3 aromatic rings. The highest BCUT2D eigenvalue weighted by atomic mass is 16.3. The Hall–Kier alpha value is -2.14. The molecule has 1 aromatic carbocycles. The summed E-state index contributed by atoms with van der Waals surface area (Å²) in [5.74, 6) is 1.67. The van der Waals surface area contributed by atoms with E-state index in [0.29, 0.717) is 12.4 Å². The summed E-state index contributed by atoms with van der Waals surface area (Å²) < 4.78 is 7.63. The van der Waals surface area contributed by atoms with Gasteiger partial charge in [0, 0.05) is 26.0 Å². The van der Waals surface area contributed by atoms with Crippen molar-refractivity contribution >= 4 is 11.1 Å². The van der Waals surface area contributed by atoms with Crippen LogP contribution in [0.3, 0.4) is 0 Å². The van der Waals surface area contributed by atoms with Crippen molar-refractivity contribution in [3.8, 4) is 11.3 Å². The topological polar surface area (TPSA) is 69.9 Å². The summed E-state index contributed by atoms with van der Waals surface area (Å²) in [5, 5.41) is 0. The molecular formula is C14H16N4O. The van der Waals surface area contributed by atoms with Crippen LogP contribution < -0.4 is 5.73 Å². The Kier molecular flexibility index (Phi) is 2.83. The van der Waals surface area contributed by atoms with E-state index in [1.165, 1.54) is 0 Å². The number of hydrogen-bond acceptors (Lipinski definition) is 4. The van der Waals surface area contributed by atoms with E-state index in [1.54, 1.807) is 0 Å². The van der Waals surface area contributed by atoms with Crippen molar-refractivity contribution in [1.29, 1.82) is 0 Å². The van der Waals surface area contributed by atoms with E-state index in [4.69, 9.17) is 10.2 Å². The van der Waals surface area contributed by atoms with E-state index in [9.17, 15) is 0 Å². The van der Waals surface area contributed by atoms with Crippen LogP contribution in [0.2, 0.25) is 0 Å². The summed E-state index contributed by atoms with van der Waals surface area (Å²) in [6, 6.07) is 6.00. The van der Waals surface area contributed by atoms with E-state index in [-0.39, 0.29) is 0 Å². The van der Waals surface area contributed by atoms with Crippen LogP contribution in [-0.2, 0) is 13.5 Å². The standard InChI is InChI=1S/C14H16N4O/c1-9-17-11-4-3-10(7-13(11)19-9)12-8-16-14(5-6-15)18(12)2/h3-4,7-8H,5-6,15H2,1-2H3. The molecule has 0 saturated carbocycles. The molecule has 2 heterocycles. The largest absolute Gasteiger partial charge is 0.441 e. The molecule has 0 amide bonds. The van der Waals surface area contributed by atoms with Crippen LogP contribution in [0.1, 0.15) is 11.7 Å². The average molecular weight is 256 g/mol. The minimum Gasteiger partial charge on any atom is -0.441 e. The summed E-state index contributed by atoms with van der Waals surface area (Å²) in [4.78, 5) is 8.70. The Morgan fingerprint density at radius 2 is 2.21 bits per heavy atom. The van der Waals surface area contributed by atoms with Gasteiger partial charge in [-0.05, 0) is 18.7 Å². The van der Waals surface area contributed by atoms with Gasteiger partial charge in [0.1, 0.15) is 11.3 Å². The fourth-order valence-corrected chi connectivity index (χ4v) is 2.28. The molecule has 0 aliphatic heterocycles. The third-order valence-electron chi connectivity index (χ3n) is 3.24. The van der Waals surface area contributed by atoms with Crippen LogP contribution in [-0.4, -0.2) is 21.1 Å². The molecule has 0 fully saturated rings. The van der Waals surface area contributed by atoms with Gasteiger partial charge in [-0.3, -0.25) is 0 Å². The molecule has 0 bridgehead atoms. The number of nitrogens with zero attached hydrogens (tertiary/aromatic N) is 3. The van der Waals surface area contributed by atoms with Gasteiger partial charge in [-0.1, -0.05) is 6.07 Å². The van der Waals surface area contributed by atoms with Crippen molar-refractivity contribution in [2.24, 2.45) is 12.8 Å². The van der Waals surface area contributed by atoms with Gasteiger partial charge < -0.3 is 14.7 Å². The summed E-state index contributed by atoms with van der Waals surface area (Å²) in [6.07, 6.45) is 2.65. The van der Waals surface area contributed by atoms with Gasteiger partial charge in [0.25, 0.3) is 0 Å². The lowest BCUT2D eigenvalue weighted by atomic mass is 10.1. The van der Waals surface area contributed by atoms with Gasteiger partial charge in [0.15, 0.2) is 11.5 Å². The van der Waals surface area contributed by atoms with Crippen molar-refractivity contribution in [2.45, 2.75) is 13.3 Å². The fourth-order valence-electron chi connectivity index (χ4n) is 2.28. The van der Waals surface area contributed by atoms with Gasteiger partial charge in [0.05, 0.1) is 11.9 Å². The van der Waals surface area contributed by atoms with Gasteiger partial charge in [-0.2, -0.15) is 0 Å². The van der Waals surface area contributed by atoms with Crippen LogP contribution in [0.15, 0.2) is 28.8 Å². The number of nitrogens with two attached hydrogens (primary N) is 1. The molecule has 2 aromatic heterocycles. The summed E-state index contributed by atoms with van der Waals surface area (Å²) in [5.41, 5.74) is 9.39. The molecular weight excluding hydrogens is 240 g/mol. The number of aryl methyl sites for hydroxylation is 1. The van der Waals surface area contributed by atoms with Gasteiger partial charge in [-0.25, -0.2) is 9.97 Å². The maximum Gasteiger partial charge on any atom is 0.192 e. The second-order valence-electron chi connectivity index (χ2n) is 4.57. The second-order valence-corrected chi connectivity index (χ2v) is 4.57. The third kappa shape index (κ3) is 2.02. The first-order valence-corrected chi connectivity index (χ1v) is 6.27. The van der Waals surface area contributed by atoms with E-state index < -0.39 is 0 Å². The van der Waals surface area contributed by atoms with E-state index in [0.717, 1.165) is 34.6 Å². The Labute approximate surface area is 111 Å². The monoisotopic (exact) mass is 256 g/mol. The molecule has 0 radical (unpaired) electrons. The summed E-state index contributed by atoms with van der Waals surface area (Å²) in [7, 11) is 2.00. The average Bonchev–Trinajstić information content (AvgIpc) is 2.92. The zero-order valence-electron chi connectivity index (χ0n) is 11.1. The van der Waals surface area contributed by atoms with Crippen LogP contribution in [0.5, 0.6) is 0 Å². The quantitative estimate of drug-likeness (QED) is 0.778. The summed E-state index contributed by atoms with van der Waals surface area (Å²) in [6.45, 7) is 2.45. The molecule has 98 valence electrons. The van der Waals surface area contributed by atoms with Crippen LogP contribution in [0, 0.1) is 6.92 Å². The van der Waals surface area contributed by atoms with Gasteiger partial charge >= 0.3 is 0 Å². The van der Waals surface area contributed by atoms with Crippen LogP contribution in [0.25, 0.3) is 22.4 Å². The number of rotatable bonds is 3. The molecule has 2 N–H and O–H groups in total. The molecule has 5 heteroatoms. The maximum atomic E-state index is 5.58. The Morgan fingerprint density at radius 3 is 3.00 bits per heavy atom. The smallest absolute Gasteiger partial charge is 0.192 e. The minimum absolute atomic E-state index is 0.602. The van der Waals surface area contributed by atoms with E-state index in [1.807, 2.05) is 38.4 Å². The number of fused-ring (bicyclic) bond motifs is 1. The molecule has 3 rings (SSSR count). The minimum atomic E-state index is 0.602. The molecule has 0 unspecified atom stereocenters. The maximum absolute atomic E-state index is 5.58. The predicted molar refractivity (Wildman–Crippen MR) is 73.7 cm³/mol. The SMILES string of the molecule is Cc1nc2ccc(-c3cnc(CCN)n3C)cc2o1. The zero-order valence-corrected chi connectivity index (χ0v) is 11.1. The van der Waals surface area contributed by atoms with Crippen molar-refractivity contribution in [2.75, 3.05) is 6.54 Å². The number of oxazole rings is 1. The molecule has 0 spiro atoms. The second kappa shape index (κ2) is 4.51. The van der Waals surface area contributed by atoms with Crippen molar-refractivity contribution in [3.63, 3.8) is 0 Å².